The van der Waals surface area contributed by atoms with Crippen molar-refractivity contribution in [2.75, 3.05) is 18.4 Å². The third-order valence-electron chi connectivity index (χ3n) is 3.84. The largest absolute Gasteiger partial charge is 0.302 e. The number of anilines is 1. The highest BCUT2D eigenvalue weighted by atomic mass is 32.2. The number of benzene rings is 1. The molecule has 2 rings (SSSR count). The normalized spacial score (nSPS) is 11.9. The van der Waals surface area contributed by atoms with Gasteiger partial charge in [-0.3, -0.25) is 4.79 Å². The zero-order chi connectivity index (χ0) is 19.3. The summed E-state index contributed by atoms with van der Waals surface area (Å²) in [5, 5.41) is 5.19. The summed E-state index contributed by atoms with van der Waals surface area (Å²) in [5.74, 6) is 0.233. The van der Waals surface area contributed by atoms with E-state index in [0.29, 0.717) is 30.3 Å². The van der Waals surface area contributed by atoms with E-state index in [1.54, 1.807) is 24.3 Å². The van der Waals surface area contributed by atoms with Gasteiger partial charge in [-0.1, -0.05) is 39.8 Å². The summed E-state index contributed by atoms with van der Waals surface area (Å²) < 4.78 is 26.5. The number of hydrogen-bond donors (Lipinski definition) is 1. The lowest BCUT2D eigenvalue weighted by atomic mass is 10.1. The fraction of sp³-hybridized carbons (Fsp3) is 0.444. The van der Waals surface area contributed by atoms with Crippen molar-refractivity contribution < 1.29 is 14.6 Å². The summed E-state index contributed by atoms with van der Waals surface area (Å²) in [4.78, 5) is 16.5. The summed E-state index contributed by atoms with van der Waals surface area (Å²) in [5.41, 5.74) is 1.52. The van der Waals surface area contributed by atoms with Crippen molar-refractivity contribution in [1.82, 2.24) is 9.29 Å². The van der Waals surface area contributed by atoms with Crippen LogP contribution in [0.25, 0.3) is 11.3 Å². The quantitative estimate of drug-likeness (QED) is 0.728. The van der Waals surface area contributed by atoms with E-state index in [1.165, 1.54) is 15.6 Å². The van der Waals surface area contributed by atoms with Gasteiger partial charge < -0.3 is 5.32 Å². The topological polar surface area (TPSA) is 79.4 Å². The molecular weight excluding hydrogens is 370 g/mol. The average Bonchev–Trinajstić information content (AvgIpc) is 3.03. The molecule has 1 heterocycles. The fourth-order valence-corrected chi connectivity index (χ4v) is 4.71. The van der Waals surface area contributed by atoms with Crippen LogP contribution in [0.4, 0.5) is 5.13 Å². The van der Waals surface area contributed by atoms with E-state index in [4.69, 9.17) is 0 Å². The number of hydrogen-bond acceptors (Lipinski definition) is 5. The van der Waals surface area contributed by atoms with Gasteiger partial charge in [-0.15, -0.1) is 11.3 Å². The molecule has 0 spiro atoms. The van der Waals surface area contributed by atoms with E-state index in [0.717, 1.165) is 5.56 Å². The van der Waals surface area contributed by atoms with Gasteiger partial charge in [0.2, 0.25) is 15.9 Å². The second-order valence-corrected chi connectivity index (χ2v) is 9.09. The van der Waals surface area contributed by atoms with Crippen LogP contribution in [0.2, 0.25) is 0 Å². The van der Waals surface area contributed by atoms with Crippen molar-refractivity contribution in [2.45, 2.75) is 39.0 Å². The number of carbonyl (C=O) groups is 1. The third-order valence-corrected chi connectivity index (χ3v) is 6.66. The minimum Gasteiger partial charge on any atom is -0.302 e. The highest BCUT2D eigenvalue weighted by Crippen LogP contribution is 2.27. The third kappa shape index (κ3) is 4.90. The minimum atomic E-state index is -3.46. The van der Waals surface area contributed by atoms with E-state index < -0.39 is 10.0 Å². The number of nitrogens with one attached hydrogen (secondary N) is 1. The summed E-state index contributed by atoms with van der Waals surface area (Å²) >= 11 is 1.35. The molecule has 0 unspecified atom stereocenters. The SMILES string of the molecule is CCN(CC)S(=O)(=O)c1ccc(-c2csc(NC(=O)CC(C)C)n2)cc1.[HH]. The van der Waals surface area contributed by atoms with Crippen LogP contribution in [0, 0.1) is 5.92 Å². The van der Waals surface area contributed by atoms with Gasteiger partial charge >= 0.3 is 0 Å². The molecule has 0 fully saturated rings. The maximum Gasteiger partial charge on any atom is 0.243 e. The molecular formula is C18H27N3O3S2. The van der Waals surface area contributed by atoms with Gasteiger partial charge in [-0.25, -0.2) is 13.4 Å². The smallest absolute Gasteiger partial charge is 0.243 e. The number of thiazole rings is 1. The Bertz CT molecular complexity index is 845. The van der Waals surface area contributed by atoms with Gasteiger partial charge in [0.1, 0.15) is 0 Å². The summed E-state index contributed by atoms with van der Waals surface area (Å²) in [6, 6.07) is 6.68. The van der Waals surface area contributed by atoms with Crippen molar-refractivity contribution in [3.8, 4) is 11.3 Å². The Morgan fingerprint density at radius 1 is 1.23 bits per heavy atom. The summed E-state index contributed by atoms with van der Waals surface area (Å²) in [6.07, 6.45) is 0.451. The number of sulfonamides is 1. The lowest BCUT2D eigenvalue weighted by Crippen LogP contribution is -2.30. The zero-order valence-electron chi connectivity index (χ0n) is 15.5. The molecule has 26 heavy (non-hydrogen) atoms. The van der Waals surface area contributed by atoms with Crippen molar-refractivity contribution in [3.05, 3.63) is 29.6 Å². The molecule has 0 aliphatic carbocycles. The standard InChI is InChI=1S/C18H25N3O3S2.H2/c1-5-21(6-2)26(23,24)15-9-7-14(8-10-15)16-12-25-18(19-16)20-17(22)11-13(3)4;/h7-10,12-13H,5-6,11H2,1-4H3,(H,19,20,22);1H. The van der Waals surface area contributed by atoms with Gasteiger partial charge in [0.25, 0.3) is 0 Å². The molecule has 1 aromatic heterocycles. The molecule has 0 bridgehead atoms. The Hall–Kier alpha value is -1.77. The molecule has 0 aliphatic heterocycles. The summed E-state index contributed by atoms with van der Waals surface area (Å²) in [7, 11) is -3.46. The Labute approximate surface area is 160 Å². The Morgan fingerprint density at radius 3 is 2.38 bits per heavy atom. The van der Waals surface area contributed by atoms with Gasteiger partial charge in [-0.2, -0.15) is 4.31 Å². The van der Waals surface area contributed by atoms with Crippen LogP contribution in [0.5, 0.6) is 0 Å². The monoisotopic (exact) mass is 397 g/mol. The lowest BCUT2D eigenvalue weighted by Gasteiger charge is -2.18. The van der Waals surface area contributed by atoms with Crippen LogP contribution in [0.3, 0.4) is 0 Å². The number of nitrogens with zero attached hydrogens (tertiary/aromatic N) is 2. The van der Waals surface area contributed by atoms with Crippen LogP contribution in [0.15, 0.2) is 34.5 Å². The van der Waals surface area contributed by atoms with Crippen molar-refractivity contribution in [2.24, 2.45) is 5.92 Å². The van der Waals surface area contributed by atoms with Crippen molar-refractivity contribution >= 4 is 32.4 Å². The number of amides is 1. The van der Waals surface area contributed by atoms with Crippen LogP contribution < -0.4 is 5.32 Å². The lowest BCUT2D eigenvalue weighted by molar-refractivity contribution is -0.116. The number of rotatable bonds is 8. The Kier molecular flexibility index (Phi) is 6.91. The molecule has 144 valence electrons. The highest BCUT2D eigenvalue weighted by molar-refractivity contribution is 7.89. The number of aromatic nitrogens is 1. The van der Waals surface area contributed by atoms with E-state index in [-0.39, 0.29) is 18.1 Å². The van der Waals surface area contributed by atoms with Crippen molar-refractivity contribution in [3.63, 3.8) is 0 Å². The molecule has 2 aromatic rings. The highest BCUT2D eigenvalue weighted by Gasteiger charge is 2.21. The first-order valence-electron chi connectivity index (χ1n) is 8.63. The zero-order valence-corrected chi connectivity index (χ0v) is 17.2. The predicted octanol–water partition coefficient (Wildman–Crippen LogP) is 4.07. The molecule has 6 nitrogen and oxygen atoms in total. The van der Waals surface area contributed by atoms with E-state index in [9.17, 15) is 13.2 Å². The van der Waals surface area contributed by atoms with Gasteiger partial charge in [-0.05, 0) is 18.1 Å². The first-order valence-corrected chi connectivity index (χ1v) is 11.0. The minimum absolute atomic E-state index is 0. The second kappa shape index (κ2) is 8.75. The first-order chi connectivity index (χ1) is 12.3. The van der Waals surface area contributed by atoms with E-state index in [2.05, 4.69) is 10.3 Å². The van der Waals surface area contributed by atoms with Gasteiger partial charge in [0.05, 0.1) is 10.6 Å². The van der Waals surface area contributed by atoms with Crippen LogP contribution in [-0.4, -0.2) is 36.7 Å². The molecule has 0 radical (unpaired) electrons. The van der Waals surface area contributed by atoms with Crippen LogP contribution in [0.1, 0.15) is 35.5 Å². The maximum absolute atomic E-state index is 12.5. The average molecular weight is 398 g/mol. The molecule has 1 aromatic carbocycles. The number of carbonyl (C=O) groups excluding carboxylic acids is 1. The summed E-state index contributed by atoms with van der Waals surface area (Å²) in [6.45, 7) is 8.49. The Balaban J connectivity index is 0.00000364. The fourth-order valence-electron chi connectivity index (χ4n) is 2.52. The van der Waals surface area contributed by atoms with Crippen molar-refractivity contribution in [1.29, 1.82) is 0 Å². The van der Waals surface area contributed by atoms with E-state index >= 15 is 0 Å². The molecule has 0 atom stereocenters. The molecule has 0 saturated heterocycles. The molecule has 1 N–H and O–H groups in total. The second-order valence-electron chi connectivity index (χ2n) is 6.30. The van der Waals surface area contributed by atoms with Crippen LogP contribution in [-0.2, 0) is 14.8 Å². The van der Waals surface area contributed by atoms with Crippen LogP contribution >= 0.6 is 11.3 Å². The molecule has 1 amide bonds. The van der Waals surface area contributed by atoms with Gasteiger partial charge in [0.15, 0.2) is 5.13 Å². The molecule has 0 aliphatic rings. The molecule has 8 heteroatoms. The predicted molar refractivity (Wildman–Crippen MR) is 108 cm³/mol. The first kappa shape index (κ1) is 20.5. The maximum atomic E-state index is 12.5. The molecule has 0 saturated carbocycles. The van der Waals surface area contributed by atoms with E-state index in [1.807, 2.05) is 33.1 Å². The van der Waals surface area contributed by atoms with Gasteiger partial charge in [0, 0.05) is 31.9 Å². The Morgan fingerprint density at radius 2 is 1.85 bits per heavy atom.